The van der Waals surface area contributed by atoms with Crippen LogP contribution in [0.5, 0.6) is 0 Å². The molecule has 2 unspecified atom stereocenters. The second kappa shape index (κ2) is 5.15. The summed E-state index contributed by atoms with van der Waals surface area (Å²) >= 11 is 0. The molecule has 0 bridgehead atoms. The molecule has 1 saturated heterocycles. The summed E-state index contributed by atoms with van der Waals surface area (Å²) in [7, 11) is 0. The third-order valence-electron chi connectivity index (χ3n) is 4.03. The number of carbonyl (C=O) groups is 1. The predicted octanol–water partition coefficient (Wildman–Crippen LogP) is 1.09. The minimum atomic E-state index is -0.681. The van der Waals surface area contributed by atoms with Crippen LogP contribution in [0.1, 0.15) is 38.5 Å². The van der Waals surface area contributed by atoms with Gasteiger partial charge in [0, 0.05) is 12.5 Å². The van der Waals surface area contributed by atoms with Gasteiger partial charge in [0.15, 0.2) is 0 Å². The van der Waals surface area contributed by atoms with Gasteiger partial charge in [-0.05, 0) is 51.1 Å². The lowest BCUT2D eigenvalue weighted by Crippen LogP contribution is -2.45. The second-order valence-electron chi connectivity index (χ2n) is 5.14. The smallest absolute Gasteiger partial charge is 0.303 e. The fraction of sp³-hybridized carbons (Fsp3) is 0.917. The Bertz CT molecular complexity index is 249. The van der Waals surface area contributed by atoms with Gasteiger partial charge < -0.3 is 10.2 Å². The molecular formula is C12H21NO3. The van der Waals surface area contributed by atoms with Gasteiger partial charge in [-0.25, -0.2) is 0 Å². The van der Waals surface area contributed by atoms with Gasteiger partial charge in [-0.3, -0.25) is 9.69 Å². The molecule has 0 spiro atoms. The fourth-order valence-electron chi connectivity index (χ4n) is 3.08. The number of rotatable bonds is 3. The van der Waals surface area contributed by atoms with Crippen molar-refractivity contribution >= 4 is 5.97 Å². The van der Waals surface area contributed by atoms with Crippen molar-refractivity contribution in [2.45, 2.75) is 50.7 Å². The maximum Gasteiger partial charge on any atom is 0.303 e. The molecule has 2 atom stereocenters. The highest BCUT2D eigenvalue weighted by Gasteiger charge is 2.33. The van der Waals surface area contributed by atoms with E-state index in [0.29, 0.717) is 18.4 Å². The topological polar surface area (TPSA) is 60.8 Å². The molecule has 0 aromatic rings. The summed E-state index contributed by atoms with van der Waals surface area (Å²) in [4.78, 5) is 13.0. The quantitative estimate of drug-likeness (QED) is 0.757. The average molecular weight is 227 g/mol. The van der Waals surface area contributed by atoms with Gasteiger partial charge in [-0.1, -0.05) is 0 Å². The molecule has 1 heterocycles. The van der Waals surface area contributed by atoms with Crippen molar-refractivity contribution in [3.63, 3.8) is 0 Å². The van der Waals surface area contributed by atoms with Crippen molar-refractivity contribution in [2.24, 2.45) is 5.92 Å². The molecule has 2 rings (SSSR count). The fourth-order valence-corrected chi connectivity index (χ4v) is 3.08. The van der Waals surface area contributed by atoms with E-state index >= 15 is 0 Å². The SMILES string of the molecule is O=C(O)CC1CCN(C2CCCC2O)CC1. The highest BCUT2D eigenvalue weighted by molar-refractivity contribution is 5.67. The lowest BCUT2D eigenvalue weighted by molar-refractivity contribution is -0.138. The predicted molar refractivity (Wildman–Crippen MR) is 60.2 cm³/mol. The van der Waals surface area contributed by atoms with Crippen molar-refractivity contribution in [1.82, 2.24) is 4.90 Å². The summed E-state index contributed by atoms with van der Waals surface area (Å²) in [5.41, 5.74) is 0. The number of piperidine rings is 1. The molecule has 4 nitrogen and oxygen atoms in total. The summed E-state index contributed by atoms with van der Waals surface area (Å²) in [5, 5.41) is 18.5. The van der Waals surface area contributed by atoms with E-state index in [4.69, 9.17) is 5.11 Å². The monoisotopic (exact) mass is 227 g/mol. The molecule has 0 radical (unpaired) electrons. The number of nitrogens with zero attached hydrogens (tertiary/aromatic N) is 1. The minimum absolute atomic E-state index is 0.156. The van der Waals surface area contributed by atoms with Crippen LogP contribution in [0, 0.1) is 5.92 Å². The first-order valence-electron chi connectivity index (χ1n) is 6.30. The van der Waals surface area contributed by atoms with E-state index in [1.807, 2.05) is 0 Å². The number of carboxylic acids is 1. The lowest BCUT2D eigenvalue weighted by atomic mass is 9.92. The molecule has 0 amide bonds. The van der Waals surface area contributed by atoms with Crippen LogP contribution >= 0.6 is 0 Å². The molecule has 4 heteroatoms. The van der Waals surface area contributed by atoms with Crippen molar-refractivity contribution in [3.05, 3.63) is 0 Å². The Hall–Kier alpha value is -0.610. The first-order valence-corrected chi connectivity index (χ1v) is 6.30. The highest BCUT2D eigenvalue weighted by atomic mass is 16.4. The Kier molecular flexibility index (Phi) is 3.82. The van der Waals surface area contributed by atoms with E-state index in [0.717, 1.165) is 45.2 Å². The molecule has 2 fully saturated rings. The summed E-state index contributed by atoms with van der Waals surface area (Å²) < 4.78 is 0. The summed E-state index contributed by atoms with van der Waals surface area (Å²) in [6.07, 6.45) is 5.24. The van der Waals surface area contributed by atoms with Crippen molar-refractivity contribution in [3.8, 4) is 0 Å². The zero-order valence-electron chi connectivity index (χ0n) is 9.64. The number of likely N-dealkylation sites (tertiary alicyclic amines) is 1. The molecule has 16 heavy (non-hydrogen) atoms. The molecular weight excluding hydrogens is 206 g/mol. The molecule has 1 aliphatic carbocycles. The Morgan fingerprint density at radius 2 is 1.88 bits per heavy atom. The van der Waals surface area contributed by atoms with E-state index in [1.54, 1.807) is 0 Å². The first-order chi connectivity index (χ1) is 7.66. The van der Waals surface area contributed by atoms with Gasteiger partial charge >= 0.3 is 5.97 Å². The van der Waals surface area contributed by atoms with Crippen molar-refractivity contribution in [1.29, 1.82) is 0 Å². The lowest BCUT2D eigenvalue weighted by Gasteiger charge is -2.36. The molecule has 1 aliphatic heterocycles. The van der Waals surface area contributed by atoms with Crippen molar-refractivity contribution in [2.75, 3.05) is 13.1 Å². The largest absolute Gasteiger partial charge is 0.481 e. The van der Waals surface area contributed by atoms with Crippen LogP contribution in [0.4, 0.5) is 0 Å². The zero-order valence-corrected chi connectivity index (χ0v) is 9.64. The van der Waals surface area contributed by atoms with E-state index in [9.17, 15) is 9.90 Å². The van der Waals surface area contributed by atoms with Gasteiger partial charge in [0.2, 0.25) is 0 Å². The summed E-state index contributed by atoms with van der Waals surface area (Å²) in [6.45, 7) is 1.92. The summed E-state index contributed by atoms with van der Waals surface area (Å²) in [6, 6.07) is 0.339. The van der Waals surface area contributed by atoms with Crippen molar-refractivity contribution < 1.29 is 15.0 Å². The van der Waals surface area contributed by atoms with Gasteiger partial charge in [0.25, 0.3) is 0 Å². The molecule has 0 aromatic heterocycles. The Balaban J connectivity index is 1.78. The molecule has 1 saturated carbocycles. The number of carboxylic acid groups (broad SMARTS) is 1. The van der Waals surface area contributed by atoms with Crippen LogP contribution in [-0.4, -0.2) is 46.3 Å². The number of hydrogen-bond donors (Lipinski definition) is 2. The number of aliphatic hydroxyl groups excluding tert-OH is 1. The number of aliphatic carboxylic acids is 1. The van der Waals surface area contributed by atoms with E-state index in [2.05, 4.69) is 4.90 Å². The Morgan fingerprint density at radius 1 is 1.19 bits per heavy atom. The second-order valence-corrected chi connectivity index (χ2v) is 5.14. The average Bonchev–Trinajstić information content (AvgIpc) is 2.65. The van der Waals surface area contributed by atoms with Gasteiger partial charge in [0.05, 0.1) is 6.10 Å². The zero-order chi connectivity index (χ0) is 11.5. The molecule has 2 N–H and O–H groups in total. The third kappa shape index (κ3) is 2.74. The number of aliphatic hydroxyl groups is 1. The molecule has 0 aromatic carbocycles. The summed E-state index contributed by atoms with van der Waals surface area (Å²) in [5.74, 6) is -0.341. The van der Waals surface area contributed by atoms with E-state index < -0.39 is 5.97 Å². The molecule has 2 aliphatic rings. The standard InChI is InChI=1S/C12H21NO3/c14-11-3-1-2-10(11)13-6-4-9(5-7-13)8-12(15)16/h9-11,14H,1-8H2,(H,15,16). The van der Waals surface area contributed by atoms with Crippen LogP contribution < -0.4 is 0 Å². The maximum absolute atomic E-state index is 10.6. The minimum Gasteiger partial charge on any atom is -0.481 e. The number of hydrogen-bond acceptors (Lipinski definition) is 3. The third-order valence-corrected chi connectivity index (χ3v) is 4.03. The molecule has 92 valence electrons. The van der Waals surface area contributed by atoms with E-state index in [-0.39, 0.29) is 6.10 Å². The van der Waals surface area contributed by atoms with Crippen LogP contribution in [0.2, 0.25) is 0 Å². The van der Waals surface area contributed by atoms with E-state index in [1.165, 1.54) is 0 Å². The Labute approximate surface area is 96.3 Å². The van der Waals surface area contributed by atoms with Crippen LogP contribution in [-0.2, 0) is 4.79 Å². The normalized spacial score (nSPS) is 33.1. The van der Waals surface area contributed by atoms with Gasteiger partial charge in [-0.2, -0.15) is 0 Å². The van der Waals surface area contributed by atoms with Crippen LogP contribution in [0.25, 0.3) is 0 Å². The van der Waals surface area contributed by atoms with Gasteiger partial charge in [0.1, 0.15) is 0 Å². The maximum atomic E-state index is 10.6. The van der Waals surface area contributed by atoms with Crippen LogP contribution in [0.15, 0.2) is 0 Å². The Morgan fingerprint density at radius 3 is 2.38 bits per heavy atom. The first kappa shape index (κ1) is 11.9. The van der Waals surface area contributed by atoms with Gasteiger partial charge in [-0.15, -0.1) is 0 Å². The highest BCUT2D eigenvalue weighted by Crippen LogP contribution is 2.29. The van der Waals surface area contributed by atoms with Crippen LogP contribution in [0.3, 0.4) is 0 Å².